The second kappa shape index (κ2) is 9.16. The number of carbonyl (C=O) groups excluding carboxylic acids is 1. The molecule has 0 aliphatic heterocycles. The van der Waals surface area contributed by atoms with Gasteiger partial charge in [0.15, 0.2) is 5.56 Å². The molecule has 0 spiro atoms. The molecule has 0 unspecified atom stereocenters. The lowest BCUT2D eigenvalue weighted by Gasteiger charge is -2.23. The molecule has 0 aromatic heterocycles. The first kappa shape index (κ1) is 21.8. The molecule has 0 saturated carbocycles. The van der Waals surface area contributed by atoms with Crippen LogP contribution in [0.1, 0.15) is 34.6 Å². The topological polar surface area (TPSA) is 125 Å². The first-order valence-electron chi connectivity index (χ1n) is 8.59. The van der Waals surface area contributed by atoms with Crippen LogP contribution < -0.4 is 9.47 Å². The number of rotatable bonds is 9. The number of nitro benzene ring substituents is 1. The summed E-state index contributed by atoms with van der Waals surface area (Å²) in [7, 11) is 1.61. The van der Waals surface area contributed by atoms with Crippen LogP contribution in [0.5, 0.6) is 11.5 Å². The smallest absolute Gasteiger partial charge is 0.351 e. The summed E-state index contributed by atoms with van der Waals surface area (Å²) in [6, 6.07) is 9.38. The van der Waals surface area contributed by atoms with Crippen LogP contribution in [0.2, 0.25) is 0 Å². The number of nitrogens with zero attached hydrogens (tertiary/aromatic N) is 1. The van der Waals surface area contributed by atoms with E-state index in [1.165, 1.54) is 18.2 Å². The van der Waals surface area contributed by atoms with Crippen molar-refractivity contribution in [2.45, 2.75) is 13.8 Å². The fraction of sp³-hybridized carbons (Fsp3) is 0.300. The number of carbonyl (C=O) groups is 2. The Bertz CT molecular complexity index is 873. The van der Waals surface area contributed by atoms with Crippen LogP contribution in [0, 0.1) is 15.5 Å². The number of hydrogen-bond donors (Lipinski definition) is 1. The van der Waals surface area contributed by atoms with E-state index in [0.717, 1.165) is 12.1 Å². The Kier molecular flexibility index (Phi) is 6.89. The van der Waals surface area contributed by atoms with Gasteiger partial charge < -0.3 is 19.3 Å². The molecule has 0 radical (unpaired) electrons. The molecule has 0 amide bonds. The lowest BCUT2D eigenvalue weighted by Crippen LogP contribution is -2.26. The lowest BCUT2D eigenvalue weighted by molar-refractivity contribution is -0.385. The van der Waals surface area contributed by atoms with Crippen molar-refractivity contribution in [2.24, 2.45) is 5.41 Å². The molecular weight excluding hydrogens is 382 g/mol. The maximum absolute atomic E-state index is 12.4. The third-order valence-corrected chi connectivity index (χ3v) is 3.87. The van der Waals surface area contributed by atoms with Gasteiger partial charge in [-0.05, 0) is 30.3 Å². The van der Waals surface area contributed by atoms with Gasteiger partial charge >= 0.3 is 11.9 Å². The average Bonchev–Trinajstić information content (AvgIpc) is 2.66. The van der Waals surface area contributed by atoms with Crippen molar-refractivity contribution in [2.75, 3.05) is 20.3 Å². The highest BCUT2D eigenvalue weighted by Gasteiger charge is 2.28. The normalized spacial score (nSPS) is 11.0. The Morgan fingerprint density at radius 3 is 2.24 bits per heavy atom. The Morgan fingerprint density at radius 1 is 1.07 bits per heavy atom. The van der Waals surface area contributed by atoms with Crippen LogP contribution in [0.3, 0.4) is 0 Å². The SMILES string of the molecule is COCC(C)(C)COc1ccc(OC(=O)c2c(C(=O)O)cccc2[N+](=O)[O-])cc1. The molecule has 0 atom stereocenters. The van der Waals surface area contributed by atoms with Crippen molar-refractivity contribution in [3.05, 3.63) is 63.7 Å². The molecule has 0 fully saturated rings. The summed E-state index contributed by atoms with van der Waals surface area (Å²) in [5.74, 6) is -1.98. The summed E-state index contributed by atoms with van der Waals surface area (Å²) in [5, 5.41) is 20.4. The van der Waals surface area contributed by atoms with Crippen molar-refractivity contribution in [3.8, 4) is 11.5 Å². The lowest BCUT2D eigenvalue weighted by atomic mass is 9.96. The van der Waals surface area contributed by atoms with Gasteiger partial charge in [0.1, 0.15) is 11.5 Å². The molecule has 2 aromatic carbocycles. The fourth-order valence-corrected chi connectivity index (χ4v) is 2.56. The summed E-state index contributed by atoms with van der Waals surface area (Å²) < 4.78 is 15.9. The number of benzene rings is 2. The minimum atomic E-state index is -1.47. The Labute approximate surface area is 167 Å². The molecule has 0 saturated heterocycles. The number of carboxylic acids is 1. The van der Waals surface area contributed by atoms with Gasteiger partial charge in [0, 0.05) is 18.6 Å². The third-order valence-electron chi connectivity index (χ3n) is 3.87. The van der Waals surface area contributed by atoms with E-state index in [1.54, 1.807) is 19.2 Å². The highest BCUT2D eigenvalue weighted by Crippen LogP contribution is 2.26. The molecule has 9 heteroatoms. The molecule has 154 valence electrons. The Morgan fingerprint density at radius 2 is 1.69 bits per heavy atom. The van der Waals surface area contributed by atoms with Crippen LogP contribution in [0.15, 0.2) is 42.5 Å². The van der Waals surface area contributed by atoms with Gasteiger partial charge in [0.05, 0.1) is 23.7 Å². The zero-order valence-corrected chi connectivity index (χ0v) is 16.2. The first-order valence-corrected chi connectivity index (χ1v) is 8.59. The maximum atomic E-state index is 12.4. The van der Waals surface area contributed by atoms with E-state index >= 15 is 0 Å². The predicted octanol–water partition coefficient (Wildman–Crippen LogP) is 3.56. The predicted molar refractivity (Wildman–Crippen MR) is 103 cm³/mol. The third kappa shape index (κ3) is 5.76. The fourth-order valence-electron chi connectivity index (χ4n) is 2.56. The Hall–Kier alpha value is -3.46. The first-order chi connectivity index (χ1) is 13.6. The van der Waals surface area contributed by atoms with Crippen molar-refractivity contribution in [1.82, 2.24) is 0 Å². The largest absolute Gasteiger partial charge is 0.493 e. The van der Waals surface area contributed by atoms with Gasteiger partial charge in [-0.3, -0.25) is 10.1 Å². The van der Waals surface area contributed by atoms with Crippen molar-refractivity contribution in [3.63, 3.8) is 0 Å². The van der Waals surface area contributed by atoms with E-state index in [0.29, 0.717) is 19.0 Å². The minimum Gasteiger partial charge on any atom is -0.493 e. The van der Waals surface area contributed by atoms with E-state index in [4.69, 9.17) is 14.2 Å². The standard InChI is InChI=1S/C20H21NO8/c1-20(2,11-27-3)12-28-13-7-9-14(10-8-13)29-19(24)17-15(18(22)23)5-4-6-16(17)21(25)26/h4-10H,11-12H2,1-3H3,(H,22,23). The molecule has 0 aliphatic rings. The van der Waals surface area contributed by atoms with Gasteiger partial charge in [0.25, 0.3) is 5.69 Å². The van der Waals surface area contributed by atoms with E-state index in [9.17, 15) is 24.8 Å². The second-order valence-electron chi connectivity index (χ2n) is 7.01. The number of esters is 1. The zero-order valence-electron chi connectivity index (χ0n) is 16.2. The number of methoxy groups -OCH3 is 1. The van der Waals surface area contributed by atoms with Crippen molar-refractivity contribution in [1.29, 1.82) is 0 Å². The summed E-state index contributed by atoms with van der Waals surface area (Å²) in [6.07, 6.45) is 0. The van der Waals surface area contributed by atoms with E-state index < -0.39 is 33.7 Å². The van der Waals surface area contributed by atoms with Crippen LogP contribution in [0.4, 0.5) is 5.69 Å². The van der Waals surface area contributed by atoms with Gasteiger partial charge in [-0.15, -0.1) is 0 Å². The van der Waals surface area contributed by atoms with Crippen LogP contribution in [-0.2, 0) is 4.74 Å². The molecule has 2 rings (SSSR count). The number of aromatic carboxylic acids is 1. The number of carboxylic acid groups (broad SMARTS) is 1. The summed E-state index contributed by atoms with van der Waals surface area (Å²) in [5.41, 5.74) is -1.97. The Balaban J connectivity index is 2.16. The summed E-state index contributed by atoms with van der Waals surface area (Å²) in [4.78, 5) is 34.1. The van der Waals surface area contributed by atoms with Crippen LogP contribution in [0.25, 0.3) is 0 Å². The van der Waals surface area contributed by atoms with Gasteiger partial charge in [-0.1, -0.05) is 19.9 Å². The average molecular weight is 403 g/mol. The second-order valence-corrected chi connectivity index (χ2v) is 7.01. The van der Waals surface area contributed by atoms with E-state index in [-0.39, 0.29) is 11.2 Å². The number of hydrogen-bond acceptors (Lipinski definition) is 7. The van der Waals surface area contributed by atoms with Gasteiger partial charge in [-0.25, -0.2) is 9.59 Å². The number of nitro groups is 1. The maximum Gasteiger partial charge on any atom is 0.351 e. The molecule has 29 heavy (non-hydrogen) atoms. The zero-order chi connectivity index (χ0) is 21.6. The summed E-state index contributed by atoms with van der Waals surface area (Å²) in [6.45, 7) is 4.89. The molecule has 0 heterocycles. The molecule has 0 aliphatic carbocycles. The minimum absolute atomic E-state index is 0.0907. The van der Waals surface area contributed by atoms with Gasteiger partial charge in [0.2, 0.25) is 0 Å². The molecular formula is C20H21NO8. The summed E-state index contributed by atoms with van der Waals surface area (Å²) >= 11 is 0. The van der Waals surface area contributed by atoms with Crippen molar-refractivity contribution >= 4 is 17.6 Å². The molecule has 2 aromatic rings. The highest BCUT2D eigenvalue weighted by molar-refractivity contribution is 6.06. The molecule has 0 bridgehead atoms. The van der Waals surface area contributed by atoms with Gasteiger partial charge in [-0.2, -0.15) is 0 Å². The molecule has 9 nitrogen and oxygen atoms in total. The monoisotopic (exact) mass is 403 g/mol. The van der Waals surface area contributed by atoms with Crippen LogP contribution in [-0.4, -0.2) is 42.3 Å². The van der Waals surface area contributed by atoms with E-state index in [1.807, 2.05) is 13.8 Å². The van der Waals surface area contributed by atoms with Crippen molar-refractivity contribution < 1.29 is 33.8 Å². The molecule has 1 N–H and O–H groups in total. The van der Waals surface area contributed by atoms with E-state index in [2.05, 4.69) is 0 Å². The quantitative estimate of drug-likeness (QED) is 0.291. The number of ether oxygens (including phenoxy) is 3. The van der Waals surface area contributed by atoms with Crippen LogP contribution >= 0.6 is 0 Å². The highest BCUT2D eigenvalue weighted by atomic mass is 16.6.